The van der Waals surface area contributed by atoms with E-state index >= 15 is 0 Å². The highest BCUT2D eigenvalue weighted by Crippen LogP contribution is 2.05. The number of carbonyl (C=O) groups excluding carboxylic acids is 1. The van der Waals surface area contributed by atoms with E-state index in [1.54, 1.807) is 0 Å². The van der Waals surface area contributed by atoms with Crippen molar-refractivity contribution in [3.8, 4) is 0 Å². The first kappa shape index (κ1) is 13.3. The fraction of sp³-hybridized carbons (Fsp3) is 0.909. The molecule has 0 bridgehead atoms. The summed E-state index contributed by atoms with van der Waals surface area (Å²) in [5, 5.41) is 2.86. The largest absolute Gasteiger partial charge is 0.338 e. The molecule has 0 saturated heterocycles. The van der Waals surface area contributed by atoms with E-state index in [1.807, 2.05) is 11.8 Å². The van der Waals surface area contributed by atoms with Crippen molar-refractivity contribution in [1.29, 1.82) is 0 Å². The Labute approximate surface area is 87.9 Å². The number of nitrogens with one attached hydrogen (secondary N) is 1. The van der Waals surface area contributed by atoms with Gasteiger partial charge in [-0.15, -0.1) is 0 Å². The summed E-state index contributed by atoms with van der Waals surface area (Å²) in [5.41, 5.74) is 0. The molecule has 84 valence electrons. The van der Waals surface area contributed by atoms with Crippen molar-refractivity contribution < 1.29 is 4.79 Å². The summed E-state index contributed by atoms with van der Waals surface area (Å²) in [7, 11) is 0. The number of carbonyl (C=O) groups is 1. The van der Waals surface area contributed by atoms with Crippen molar-refractivity contribution in [2.45, 2.75) is 53.0 Å². The SMILES string of the molecule is CCCCN(C(=O)NCC)C(C)CC. The van der Waals surface area contributed by atoms with Crippen LogP contribution in [0.1, 0.15) is 47.0 Å². The Morgan fingerprint density at radius 3 is 2.43 bits per heavy atom. The number of urea groups is 1. The first-order chi connectivity index (χ1) is 6.67. The molecule has 0 aromatic heterocycles. The van der Waals surface area contributed by atoms with Crippen LogP contribution in [-0.2, 0) is 0 Å². The van der Waals surface area contributed by atoms with Crippen molar-refractivity contribution in [3.05, 3.63) is 0 Å². The molecule has 14 heavy (non-hydrogen) atoms. The van der Waals surface area contributed by atoms with Gasteiger partial charge in [-0.25, -0.2) is 4.79 Å². The molecular formula is C11H24N2O. The molecule has 0 heterocycles. The van der Waals surface area contributed by atoms with Crippen molar-refractivity contribution in [2.75, 3.05) is 13.1 Å². The Bertz CT molecular complexity index is 159. The van der Waals surface area contributed by atoms with Crippen molar-refractivity contribution in [1.82, 2.24) is 10.2 Å². The molecule has 1 unspecified atom stereocenters. The van der Waals surface area contributed by atoms with E-state index in [1.165, 1.54) is 0 Å². The summed E-state index contributed by atoms with van der Waals surface area (Å²) in [5.74, 6) is 0. The third-order valence-corrected chi connectivity index (χ3v) is 2.46. The second-order valence-corrected chi connectivity index (χ2v) is 3.64. The highest BCUT2D eigenvalue weighted by Gasteiger charge is 2.16. The molecule has 2 amide bonds. The van der Waals surface area contributed by atoms with Crippen LogP contribution in [0.2, 0.25) is 0 Å². The van der Waals surface area contributed by atoms with Gasteiger partial charge in [-0.3, -0.25) is 0 Å². The second-order valence-electron chi connectivity index (χ2n) is 3.64. The molecule has 0 aromatic rings. The predicted octanol–water partition coefficient (Wildman–Crippen LogP) is 2.62. The Balaban J connectivity index is 4.15. The first-order valence-electron chi connectivity index (χ1n) is 5.71. The molecule has 0 spiro atoms. The first-order valence-corrected chi connectivity index (χ1v) is 5.71. The number of rotatable bonds is 6. The fourth-order valence-electron chi connectivity index (χ4n) is 1.32. The molecule has 3 heteroatoms. The molecule has 0 aliphatic carbocycles. The van der Waals surface area contributed by atoms with Crippen LogP contribution in [0.25, 0.3) is 0 Å². The van der Waals surface area contributed by atoms with Crippen molar-refractivity contribution in [3.63, 3.8) is 0 Å². The van der Waals surface area contributed by atoms with Gasteiger partial charge in [0.05, 0.1) is 0 Å². The lowest BCUT2D eigenvalue weighted by Crippen LogP contribution is -2.45. The van der Waals surface area contributed by atoms with Crippen LogP contribution in [0.3, 0.4) is 0 Å². The van der Waals surface area contributed by atoms with Crippen LogP contribution in [0, 0.1) is 0 Å². The third kappa shape index (κ3) is 4.49. The maximum atomic E-state index is 11.7. The van der Waals surface area contributed by atoms with Crippen LogP contribution in [-0.4, -0.2) is 30.1 Å². The van der Waals surface area contributed by atoms with Crippen LogP contribution in [0.15, 0.2) is 0 Å². The Morgan fingerprint density at radius 2 is 2.00 bits per heavy atom. The van der Waals surface area contributed by atoms with Gasteiger partial charge in [0.2, 0.25) is 0 Å². The van der Waals surface area contributed by atoms with Crippen molar-refractivity contribution in [2.24, 2.45) is 0 Å². The van der Waals surface area contributed by atoms with Gasteiger partial charge in [-0.05, 0) is 26.7 Å². The minimum Gasteiger partial charge on any atom is -0.338 e. The van der Waals surface area contributed by atoms with Gasteiger partial charge < -0.3 is 10.2 Å². The molecule has 0 rings (SSSR count). The van der Waals surface area contributed by atoms with Gasteiger partial charge in [-0.2, -0.15) is 0 Å². The third-order valence-electron chi connectivity index (χ3n) is 2.46. The van der Waals surface area contributed by atoms with Crippen LogP contribution >= 0.6 is 0 Å². The molecule has 0 fully saturated rings. The van der Waals surface area contributed by atoms with Gasteiger partial charge in [0.25, 0.3) is 0 Å². The molecule has 0 radical (unpaired) electrons. The van der Waals surface area contributed by atoms with Crippen LogP contribution in [0.4, 0.5) is 4.79 Å². The number of nitrogens with zero attached hydrogens (tertiary/aromatic N) is 1. The fourth-order valence-corrected chi connectivity index (χ4v) is 1.32. The minimum absolute atomic E-state index is 0.0790. The second kappa shape index (κ2) is 7.65. The van der Waals surface area contributed by atoms with Gasteiger partial charge in [-0.1, -0.05) is 20.3 Å². The average Bonchev–Trinajstić information content (AvgIpc) is 2.18. The number of hydrogen-bond donors (Lipinski definition) is 1. The molecule has 0 saturated carbocycles. The summed E-state index contributed by atoms with van der Waals surface area (Å²) in [6, 6.07) is 0.420. The zero-order chi connectivity index (χ0) is 11.0. The van der Waals surface area contributed by atoms with E-state index in [-0.39, 0.29) is 6.03 Å². The lowest BCUT2D eigenvalue weighted by atomic mass is 10.2. The molecule has 1 atom stereocenters. The molecule has 0 aromatic carbocycles. The zero-order valence-electron chi connectivity index (χ0n) is 9.97. The number of hydrogen-bond acceptors (Lipinski definition) is 1. The summed E-state index contributed by atoms with van der Waals surface area (Å²) in [4.78, 5) is 13.6. The topological polar surface area (TPSA) is 32.3 Å². The monoisotopic (exact) mass is 200 g/mol. The quantitative estimate of drug-likeness (QED) is 0.702. The van der Waals surface area contributed by atoms with Crippen LogP contribution < -0.4 is 5.32 Å². The number of amides is 2. The lowest BCUT2D eigenvalue weighted by molar-refractivity contribution is 0.176. The maximum Gasteiger partial charge on any atom is 0.317 e. The standard InChI is InChI=1S/C11H24N2O/c1-5-8-9-13(10(4)6-2)11(14)12-7-3/h10H,5-9H2,1-4H3,(H,12,14). The van der Waals surface area contributed by atoms with E-state index in [4.69, 9.17) is 0 Å². The van der Waals surface area contributed by atoms with Gasteiger partial charge in [0.1, 0.15) is 0 Å². The van der Waals surface area contributed by atoms with E-state index in [0.717, 1.165) is 25.8 Å². The van der Waals surface area contributed by atoms with Crippen molar-refractivity contribution >= 4 is 6.03 Å². The minimum atomic E-state index is 0.0790. The predicted molar refractivity (Wildman–Crippen MR) is 60.4 cm³/mol. The normalized spacial score (nSPS) is 12.3. The number of unbranched alkanes of at least 4 members (excludes halogenated alkanes) is 1. The van der Waals surface area contributed by atoms with Gasteiger partial charge in [0, 0.05) is 19.1 Å². The Hall–Kier alpha value is -0.730. The summed E-state index contributed by atoms with van der Waals surface area (Å²) >= 11 is 0. The van der Waals surface area contributed by atoms with E-state index in [0.29, 0.717) is 12.6 Å². The summed E-state index contributed by atoms with van der Waals surface area (Å²) in [6.07, 6.45) is 3.23. The molecule has 3 nitrogen and oxygen atoms in total. The summed E-state index contributed by atoms with van der Waals surface area (Å²) in [6.45, 7) is 9.89. The van der Waals surface area contributed by atoms with Gasteiger partial charge in [0.15, 0.2) is 0 Å². The average molecular weight is 200 g/mol. The highest BCUT2D eigenvalue weighted by atomic mass is 16.2. The van der Waals surface area contributed by atoms with Gasteiger partial charge >= 0.3 is 6.03 Å². The maximum absolute atomic E-state index is 11.7. The van der Waals surface area contributed by atoms with E-state index in [2.05, 4.69) is 26.1 Å². The smallest absolute Gasteiger partial charge is 0.317 e. The molecule has 0 aliphatic rings. The Kier molecular flexibility index (Phi) is 7.25. The molecule has 0 aliphatic heterocycles. The lowest BCUT2D eigenvalue weighted by Gasteiger charge is -2.28. The highest BCUT2D eigenvalue weighted by molar-refractivity contribution is 5.74. The molecule has 1 N–H and O–H groups in total. The summed E-state index contributed by atoms with van der Waals surface area (Å²) < 4.78 is 0. The Morgan fingerprint density at radius 1 is 1.36 bits per heavy atom. The van der Waals surface area contributed by atoms with E-state index in [9.17, 15) is 4.79 Å². The van der Waals surface area contributed by atoms with E-state index < -0.39 is 0 Å². The van der Waals surface area contributed by atoms with Crippen LogP contribution in [0.5, 0.6) is 0 Å². The molecular weight excluding hydrogens is 176 g/mol. The zero-order valence-corrected chi connectivity index (χ0v) is 9.97.